The highest BCUT2D eigenvalue weighted by Crippen LogP contribution is 2.33. The molecule has 0 aromatic heterocycles. The van der Waals surface area contributed by atoms with Gasteiger partial charge in [-0.25, -0.2) is 0 Å². The average Bonchev–Trinajstić information content (AvgIpc) is 2.22. The van der Waals surface area contributed by atoms with Crippen molar-refractivity contribution in [2.75, 3.05) is 0 Å². The topological polar surface area (TPSA) is 17.1 Å². The summed E-state index contributed by atoms with van der Waals surface area (Å²) in [5.74, 6) is 0. The Hall–Kier alpha value is -0.820. The molecule has 2 heteroatoms. The fourth-order valence-electron chi connectivity index (χ4n) is 1.81. The zero-order chi connectivity index (χ0) is 10.6. The summed E-state index contributed by atoms with van der Waals surface area (Å²) in [6.45, 7) is 3.99. The molecule has 0 saturated carbocycles. The van der Waals surface area contributed by atoms with Gasteiger partial charge in [0.15, 0.2) is 0 Å². The maximum atomic E-state index is 11.5. The fraction of sp³-hybridized carbons (Fsp3) is 0.417. The predicted molar refractivity (Wildman–Crippen MR) is 59.6 cm³/mol. The summed E-state index contributed by atoms with van der Waals surface area (Å²) in [4.78, 5) is 11.5. The molecule has 1 aromatic rings. The lowest BCUT2D eigenvalue weighted by atomic mass is 9.77. The third kappa shape index (κ3) is 1.83. The molecule has 76 valence electrons. The summed E-state index contributed by atoms with van der Waals surface area (Å²) in [7, 11) is 0. The molecular formula is C12H15ClO. The molecule has 1 rings (SSSR count). The lowest BCUT2D eigenvalue weighted by molar-refractivity contribution is -0.117. The van der Waals surface area contributed by atoms with E-state index in [1.807, 2.05) is 44.2 Å². The van der Waals surface area contributed by atoms with Crippen molar-refractivity contribution in [3.8, 4) is 0 Å². The van der Waals surface area contributed by atoms with E-state index in [2.05, 4.69) is 0 Å². The zero-order valence-electron chi connectivity index (χ0n) is 8.59. The van der Waals surface area contributed by atoms with Crippen LogP contribution >= 0.6 is 11.6 Å². The second kappa shape index (κ2) is 4.61. The normalized spacial score (nSPS) is 11.4. The van der Waals surface area contributed by atoms with E-state index in [-0.39, 0.29) is 5.24 Å². The molecule has 0 aliphatic heterocycles. The highest BCUT2D eigenvalue weighted by molar-refractivity contribution is 6.65. The minimum Gasteiger partial charge on any atom is -0.280 e. The Balaban J connectivity index is 3.18. The van der Waals surface area contributed by atoms with Gasteiger partial charge < -0.3 is 0 Å². The van der Waals surface area contributed by atoms with Crippen molar-refractivity contribution in [2.24, 2.45) is 0 Å². The monoisotopic (exact) mass is 210 g/mol. The molecule has 0 aliphatic rings. The molecule has 0 amide bonds. The van der Waals surface area contributed by atoms with E-state index in [0.29, 0.717) is 0 Å². The average molecular weight is 211 g/mol. The first kappa shape index (κ1) is 11.3. The largest absolute Gasteiger partial charge is 0.280 e. The van der Waals surface area contributed by atoms with E-state index in [1.54, 1.807) is 0 Å². The second-order valence-corrected chi connectivity index (χ2v) is 3.77. The van der Waals surface area contributed by atoms with E-state index in [0.717, 1.165) is 18.4 Å². The van der Waals surface area contributed by atoms with Gasteiger partial charge >= 0.3 is 0 Å². The van der Waals surface area contributed by atoms with Gasteiger partial charge in [0.2, 0.25) is 5.24 Å². The number of carbonyl (C=O) groups excluding carboxylic acids is 1. The fourth-order valence-corrected chi connectivity index (χ4v) is 2.18. The van der Waals surface area contributed by atoms with Gasteiger partial charge in [0.25, 0.3) is 0 Å². The lowest BCUT2D eigenvalue weighted by Gasteiger charge is -2.27. The van der Waals surface area contributed by atoms with E-state index in [4.69, 9.17) is 11.6 Å². The quantitative estimate of drug-likeness (QED) is 0.696. The molecule has 0 unspecified atom stereocenters. The Kier molecular flexibility index (Phi) is 3.70. The summed E-state index contributed by atoms with van der Waals surface area (Å²) in [5.41, 5.74) is 0.521. The first-order chi connectivity index (χ1) is 6.67. The minimum atomic E-state index is -0.497. The molecule has 1 nitrogen and oxygen atoms in total. The van der Waals surface area contributed by atoms with Crippen LogP contribution in [0, 0.1) is 0 Å². The summed E-state index contributed by atoms with van der Waals surface area (Å²) in [6.07, 6.45) is 1.49. The number of carbonyl (C=O) groups is 1. The van der Waals surface area contributed by atoms with Crippen LogP contribution < -0.4 is 0 Å². The molecule has 0 spiro atoms. The standard InChI is InChI=1S/C12H15ClO/c1-3-12(4-2,11(13)14)10-8-6-5-7-9-10/h5-9H,3-4H2,1-2H3. The third-order valence-electron chi connectivity index (χ3n) is 2.91. The Morgan fingerprint density at radius 1 is 1.21 bits per heavy atom. The van der Waals surface area contributed by atoms with Gasteiger partial charge in [0.05, 0.1) is 5.41 Å². The molecule has 0 fully saturated rings. The molecule has 0 atom stereocenters. The first-order valence-corrected chi connectivity index (χ1v) is 5.30. The van der Waals surface area contributed by atoms with E-state index in [1.165, 1.54) is 0 Å². The molecule has 0 aliphatic carbocycles. The number of rotatable bonds is 4. The molecule has 1 aromatic carbocycles. The summed E-state index contributed by atoms with van der Waals surface area (Å²) in [5, 5.41) is -0.256. The Labute approximate surface area is 90.1 Å². The van der Waals surface area contributed by atoms with Crippen LogP contribution in [0.4, 0.5) is 0 Å². The summed E-state index contributed by atoms with van der Waals surface area (Å²) in [6, 6.07) is 9.75. The van der Waals surface area contributed by atoms with Gasteiger partial charge in [-0.3, -0.25) is 4.79 Å². The van der Waals surface area contributed by atoms with Gasteiger partial charge in [-0.2, -0.15) is 0 Å². The van der Waals surface area contributed by atoms with Crippen LogP contribution in [0.1, 0.15) is 32.3 Å². The smallest absolute Gasteiger partial charge is 0.232 e. The van der Waals surface area contributed by atoms with E-state index in [9.17, 15) is 4.79 Å². The highest BCUT2D eigenvalue weighted by Gasteiger charge is 2.34. The van der Waals surface area contributed by atoms with Crippen molar-refractivity contribution in [1.29, 1.82) is 0 Å². The van der Waals surface area contributed by atoms with Gasteiger partial charge in [0, 0.05) is 0 Å². The Bertz CT molecular complexity index is 301. The van der Waals surface area contributed by atoms with Crippen LogP contribution in [-0.2, 0) is 10.2 Å². The van der Waals surface area contributed by atoms with Crippen LogP contribution in [0.25, 0.3) is 0 Å². The van der Waals surface area contributed by atoms with Crippen molar-refractivity contribution >= 4 is 16.8 Å². The minimum absolute atomic E-state index is 0.256. The van der Waals surface area contributed by atoms with Gasteiger partial charge in [0.1, 0.15) is 0 Å². The summed E-state index contributed by atoms with van der Waals surface area (Å²) >= 11 is 5.70. The molecule has 14 heavy (non-hydrogen) atoms. The van der Waals surface area contributed by atoms with Crippen molar-refractivity contribution in [3.63, 3.8) is 0 Å². The molecule has 0 heterocycles. The molecular weight excluding hydrogens is 196 g/mol. The molecule has 0 radical (unpaired) electrons. The van der Waals surface area contributed by atoms with Crippen molar-refractivity contribution in [3.05, 3.63) is 35.9 Å². The number of hydrogen-bond acceptors (Lipinski definition) is 1. The molecule has 0 bridgehead atoms. The van der Waals surface area contributed by atoms with E-state index < -0.39 is 5.41 Å². The van der Waals surface area contributed by atoms with Crippen LogP contribution in [0.2, 0.25) is 0 Å². The van der Waals surface area contributed by atoms with Gasteiger partial charge in [-0.15, -0.1) is 0 Å². The Morgan fingerprint density at radius 2 is 1.71 bits per heavy atom. The highest BCUT2D eigenvalue weighted by atomic mass is 35.5. The van der Waals surface area contributed by atoms with Crippen molar-refractivity contribution in [1.82, 2.24) is 0 Å². The second-order valence-electron chi connectivity index (χ2n) is 3.43. The number of halogens is 1. The van der Waals surface area contributed by atoms with Crippen LogP contribution in [0.15, 0.2) is 30.3 Å². The van der Waals surface area contributed by atoms with E-state index >= 15 is 0 Å². The lowest BCUT2D eigenvalue weighted by Crippen LogP contribution is -2.31. The zero-order valence-corrected chi connectivity index (χ0v) is 9.34. The maximum Gasteiger partial charge on any atom is 0.232 e. The van der Waals surface area contributed by atoms with Crippen LogP contribution in [0.3, 0.4) is 0 Å². The maximum absolute atomic E-state index is 11.5. The van der Waals surface area contributed by atoms with Crippen LogP contribution in [-0.4, -0.2) is 5.24 Å². The van der Waals surface area contributed by atoms with Crippen LogP contribution in [0.5, 0.6) is 0 Å². The SMILES string of the molecule is CCC(CC)(C(=O)Cl)c1ccccc1. The summed E-state index contributed by atoms with van der Waals surface area (Å²) < 4.78 is 0. The predicted octanol–water partition coefficient (Wildman–Crippen LogP) is 3.51. The third-order valence-corrected chi connectivity index (χ3v) is 3.27. The van der Waals surface area contributed by atoms with Gasteiger partial charge in [-0.05, 0) is 30.0 Å². The number of benzene rings is 1. The molecule has 0 saturated heterocycles. The number of hydrogen-bond donors (Lipinski definition) is 0. The Morgan fingerprint density at radius 3 is 2.07 bits per heavy atom. The first-order valence-electron chi connectivity index (χ1n) is 4.93. The molecule has 0 N–H and O–H groups in total. The van der Waals surface area contributed by atoms with Crippen molar-refractivity contribution < 1.29 is 4.79 Å². The van der Waals surface area contributed by atoms with Crippen molar-refractivity contribution in [2.45, 2.75) is 32.1 Å². The van der Waals surface area contributed by atoms with Gasteiger partial charge in [-0.1, -0.05) is 44.2 Å².